The molecule has 1 aromatic carbocycles. The molecule has 0 N–H and O–H groups in total. The first-order valence-corrected chi connectivity index (χ1v) is 18.6. The van der Waals surface area contributed by atoms with Crippen molar-refractivity contribution in [3.05, 3.63) is 29.8 Å². The van der Waals surface area contributed by atoms with Crippen molar-refractivity contribution in [2.75, 3.05) is 0 Å². The van der Waals surface area contributed by atoms with Gasteiger partial charge in [0.25, 0.3) is 0 Å². The number of rotatable bonds is 2. The van der Waals surface area contributed by atoms with Gasteiger partial charge in [-0.15, -0.1) is 0 Å². The third kappa shape index (κ3) is 2.87. The molecule has 0 heterocycles. The topological polar surface area (TPSA) is 0 Å². The Morgan fingerprint density at radius 3 is 2.09 bits per heavy atom. The average molecular weight is 400 g/mol. The van der Waals surface area contributed by atoms with E-state index in [4.69, 9.17) is 0 Å². The van der Waals surface area contributed by atoms with Gasteiger partial charge in [-0.05, 0) is 0 Å². The summed E-state index contributed by atoms with van der Waals surface area (Å²) >= 11 is 2.85. The van der Waals surface area contributed by atoms with Crippen LogP contribution >= 0.6 is 11.9 Å². The van der Waals surface area contributed by atoms with Crippen LogP contribution in [0.4, 0.5) is 0 Å². The van der Waals surface area contributed by atoms with Crippen molar-refractivity contribution in [2.45, 2.75) is 19.8 Å². The van der Waals surface area contributed by atoms with E-state index in [1.165, 1.54) is 5.56 Å². The summed E-state index contributed by atoms with van der Waals surface area (Å²) in [5.41, 5.74) is 1.45. The van der Waals surface area contributed by atoms with Crippen LogP contribution in [0.1, 0.15) is 25.3 Å². The molecule has 2 heteroatoms. The quantitative estimate of drug-likeness (QED) is 0.671. The molecule has 56 valence electrons. The van der Waals surface area contributed by atoms with Gasteiger partial charge in [-0.1, -0.05) is 0 Å². The zero-order chi connectivity index (χ0) is 8.27. The Balaban J connectivity index is 2.83. The molecule has 0 amide bonds. The van der Waals surface area contributed by atoms with Gasteiger partial charge in [-0.25, -0.2) is 0 Å². The van der Waals surface area contributed by atoms with Gasteiger partial charge < -0.3 is 0 Å². The van der Waals surface area contributed by atoms with Gasteiger partial charge in [-0.2, -0.15) is 0 Å². The van der Waals surface area contributed by atoms with Gasteiger partial charge in [0.2, 0.25) is 0 Å². The van der Waals surface area contributed by atoms with Crippen LogP contribution in [0, 0.1) is 0 Å². The van der Waals surface area contributed by atoms with Gasteiger partial charge in [0.05, 0.1) is 0 Å². The number of hydrogen-bond donors (Lipinski definition) is 0. The van der Waals surface area contributed by atoms with Crippen LogP contribution in [0.3, 0.4) is 0 Å². The molecular formula is C9H11BrHg. The summed E-state index contributed by atoms with van der Waals surface area (Å²) in [5, 5.41) is 0. The van der Waals surface area contributed by atoms with E-state index in [9.17, 15) is 0 Å². The van der Waals surface area contributed by atoms with Crippen molar-refractivity contribution >= 4 is 15.0 Å². The summed E-state index contributed by atoms with van der Waals surface area (Å²) in [4.78, 5) is 0. The maximum atomic E-state index is 3.64. The first-order valence-electron chi connectivity index (χ1n) is 3.89. The summed E-state index contributed by atoms with van der Waals surface area (Å²) in [6.45, 7) is 4.46. The zero-order valence-electron chi connectivity index (χ0n) is 6.97. The van der Waals surface area contributed by atoms with Gasteiger partial charge in [0.1, 0.15) is 0 Å². The Morgan fingerprint density at radius 2 is 1.73 bits per heavy atom. The molecule has 0 radical (unpaired) electrons. The molecule has 0 nitrogen and oxygen atoms in total. The van der Waals surface area contributed by atoms with E-state index < -0.39 is 22.1 Å². The van der Waals surface area contributed by atoms with E-state index in [1.54, 1.807) is 3.07 Å². The third-order valence-corrected chi connectivity index (χ3v) is 10.5. The number of benzene rings is 1. The average Bonchev–Trinajstić information content (AvgIpc) is 2.05. The SMILES string of the molecule is CC(C)c1cc[c]([Hg][Br])cc1. The normalized spacial score (nSPS) is 9.82. The molecule has 11 heavy (non-hydrogen) atoms. The number of hydrogen-bond acceptors (Lipinski definition) is 0. The monoisotopic (exact) mass is 400 g/mol. The molecule has 1 aromatic rings. The first kappa shape index (κ1) is 9.72. The molecule has 0 unspecified atom stereocenters. The second-order valence-corrected chi connectivity index (χ2v) is 12.2. The molecule has 0 atom stereocenters. The predicted octanol–water partition coefficient (Wildman–Crippen LogP) is 2.83. The van der Waals surface area contributed by atoms with Crippen LogP contribution in [-0.4, -0.2) is 0 Å². The predicted molar refractivity (Wildman–Crippen MR) is 49.1 cm³/mol. The van der Waals surface area contributed by atoms with Gasteiger partial charge >= 0.3 is 86.7 Å². The molecule has 0 fully saturated rings. The zero-order valence-corrected chi connectivity index (χ0v) is 14.1. The molecule has 0 aliphatic rings. The Hall–Kier alpha value is 0.635. The fraction of sp³-hybridized carbons (Fsp3) is 0.333. The van der Waals surface area contributed by atoms with Gasteiger partial charge in [-0.3, -0.25) is 0 Å². The third-order valence-electron chi connectivity index (χ3n) is 1.80. The molecule has 1 rings (SSSR count). The number of halogens is 1. The summed E-state index contributed by atoms with van der Waals surface area (Å²) in [6, 6.07) is 9.04. The minimum atomic E-state index is -0.789. The van der Waals surface area contributed by atoms with Crippen LogP contribution in [0.2, 0.25) is 0 Å². The Morgan fingerprint density at radius 1 is 1.18 bits per heavy atom. The van der Waals surface area contributed by atoms with E-state index >= 15 is 0 Å². The van der Waals surface area contributed by atoms with Crippen molar-refractivity contribution in [3.63, 3.8) is 0 Å². The minimum absolute atomic E-state index is 0.663. The summed E-state index contributed by atoms with van der Waals surface area (Å²) in [7, 11) is 0. The molecule has 0 saturated carbocycles. The van der Waals surface area contributed by atoms with Crippen molar-refractivity contribution in [3.8, 4) is 0 Å². The van der Waals surface area contributed by atoms with Crippen molar-refractivity contribution in [1.82, 2.24) is 0 Å². The van der Waals surface area contributed by atoms with Gasteiger partial charge in [0, 0.05) is 0 Å². The molecule has 0 aliphatic carbocycles. The van der Waals surface area contributed by atoms with E-state index in [2.05, 4.69) is 50.0 Å². The second-order valence-electron chi connectivity index (χ2n) is 3.03. The standard InChI is InChI=1S/C9H11.BrH.Hg/c1-8(2)9-6-4-3-5-7-9;;/h4-8H,1-2H3;1H;/q;;+1/p-1. The summed E-state index contributed by atoms with van der Waals surface area (Å²) in [5.74, 6) is 0.663. The molecule has 0 saturated heterocycles. The van der Waals surface area contributed by atoms with Crippen LogP contribution in [0.5, 0.6) is 0 Å². The van der Waals surface area contributed by atoms with Crippen molar-refractivity contribution < 1.29 is 22.1 Å². The molecule has 0 aromatic heterocycles. The van der Waals surface area contributed by atoms with Crippen LogP contribution in [0.15, 0.2) is 24.3 Å². The Bertz CT molecular complexity index is 216. The molecule has 0 aliphatic heterocycles. The van der Waals surface area contributed by atoms with E-state index in [0.717, 1.165) is 0 Å². The van der Waals surface area contributed by atoms with E-state index in [0.29, 0.717) is 5.92 Å². The van der Waals surface area contributed by atoms with Crippen LogP contribution in [-0.2, 0) is 22.1 Å². The van der Waals surface area contributed by atoms with E-state index in [1.807, 2.05) is 0 Å². The van der Waals surface area contributed by atoms with E-state index in [-0.39, 0.29) is 0 Å². The molecular weight excluding hydrogens is 389 g/mol. The van der Waals surface area contributed by atoms with Crippen LogP contribution in [0.25, 0.3) is 0 Å². The maximum absolute atomic E-state index is 3.64. The summed E-state index contributed by atoms with van der Waals surface area (Å²) in [6.07, 6.45) is 0. The van der Waals surface area contributed by atoms with Crippen LogP contribution < -0.4 is 3.07 Å². The molecule has 0 bridgehead atoms. The summed E-state index contributed by atoms with van der Waals surface area (Å²) < 4.78 is 1.56. The first-order chi connectivity index (χ1) is 5.24. The van der Waals surface area contributed by atoms with Crippen molar-refractivity contribution in [2.24, 2.45) is 0 Å². The Kier molecular flexibility index (Phi) is 4.07. The Labute approximate surface area is 86.1 Å². The fourth-order valence-corrected chi connectivity index (χ4v) is 5.88. The van der Waals surface area contributed by atoms with Crippen molar-refractivity contribution in [1.29, 1.82) is 0 Å². The molecule has 0 spiro atoms. The fourth-order valence-electron chi connectivity index (χ4n) is 0.992. The second kappa shape index (κ2) is 4.61. The van der Waals surface area contributed by atoms with Gasteiger partial charge in [0.15, 0.2) is 0 Å².